The van der Waals surface area contributed by atoms with E-state index in [1.807, 2.05) is 31.2 Å². The Bertz CT molecular complexity index is 1120. The van der Waals surface area contributed by atoms with E-state index in [4.69, 9.17) is 24.2 Å². The van der Waals surface area contributed by atoms with Gasteiger partial charge in [0.1, 0.15) is 17.7 Å². The van der Waals surface area contributed by atoms with Gasteiger partial charge in [0.05, 0.1) is 36.8 Å². The monoisotopic (exact) mass is 448 g/mol. The molecule has 1 N–H and O–H groups in total. The van der Waals surface area contributed by atoms with Crippen molar-refractivity contribution in [2.75, 3.05) is 25.6 Å². The van der Waals surface area contributed by atoms with Crippen LogP contribution in [0.15, 0.2) is 36.5 Å². The van der Waals surface area contributed by atoms with Crippen molar-refractivity contribution >= 4 is 5.82 Å². The summed E-state index contributed by atoms with van der Waals surface area (Å²) in [5.41, 5.74) is 6.01. The number of benzene rings is 1. The molecular weight excluding hydrogens is 416 g/mol. The molecule has 0 spiro atoms. The number of hydrogen-bond donors (Lipinski definition) is 1. The molecule has 1 aromatic carbocycles. The summed E-state index contributed by atoms with van der Waals surface area (Å²) in [4.78, 5) is 14.5. The van der Waals surface area contributed by atoms with Gasteiger partial charge in [0.25, 0.3) is 0 Å². The standard InChI is InChI=1S/C26H32N4O3/c1-6-20-23(18-12-11-17(31-5)14-16(18)4)28-21(7-2)25(29-20)30-24-19-10-9-13-27-26(19)33-22(24)15-32-8-3/h9-14,22,24H,6-8,15H2,1-5H3,(H,29,30)/t22-,24-/m1/s1. The van der Waals surface area contributed by atoms with Crippen LogP contribution in [0.4, 0.5) is 5.82 Å². The average Bonchev–Trinajstić information content (AvgIpc) is 3.19. The first-order valence-electron chi connectivity index (χ1n) is 11.6. The Labute approximate surface area is 195 Å². The molecule has 0 unspecified atom stereocenters. The highest BCUT2D eigenvalue weighted by molar-refractivity contribution is 5.68. The van der Waals surface area contributed by atoms with Gasteiger partial charge >= 0.3 is 0 Å². The van der Waals surface area contributed by atoms with Crippen LogP contribution in [0.3, 0.4) is 0 Å². The first-order chi connectivity index (χ1) is 16.1. The molecule has 0 fully saturated rings. The molecule has 4 rings (SSSR count). The summed E-state index contributed by atoms with van der Waals surface area (Å²) >= 11 is 0. The van der Waals surface area contributed by atoms with Gasteiger partial charge in [0.15, 0.2) is 0 Å². The van der Waals surface area contributed by atoms with Crippen molar-refractivity contribution in [3.63, 3.8) is 0 Å². The normalized spacial score (nSPS) is 16.9. The average molecular weight is 449 g/mol. The topological polar surface area (TPSA) is 78.4 Å². The van der Waals surface area contributed by atoms with Gasteiger partial charge in [-0.15, -0.1) is 0 Å². The molecule has 1 aliphatic rings. The third-order valence-electron chi connectivity index (χ3n) is 5.95. The zero-order valence-electron chi connectivity index (χ0n) is 20.0. The molecule has 0 amide bonds. The Morgan fingerprint density at radius 1 is 1.06 bits per heavy atom. The predicted molar refractivity (Wildman–Crippen MR) is 129 cm³/mol. The van der Waals surface area contributed by atoms with Crippen LogP contribution in [0.5, 0.6) is 11.6 Å². The van der Waals surface area contributed by atoms with Crippen molar-refractivity contribution in [3.8, 4) is 22.9 Å². The molecule has 0 aliphatic carbocycles. The van der Waals surface area contributed by atoms with Gasteiger partial charge in [-0.2, -0.15) is 0 Å². The lowest BCUT2D eigenvalue weighted by molar-refractivity contribution is 0.0579. The molecule has 1 aliphatic heterocycles. The highest BCUT2D eigenvalue weighted by atomic mass is 16.5. The van der Waals surface area contributed by atoms with Gasteiger partial charge < -0.3 is 19.5 Å². The first-order valence-corrected chi connectivity index (χ1v) is 11.6. The van der Waals surface area contributed by atoms with Crippen LogP contribution in [-0.4, -0.2) is 41.4 Å². The molecule has 2 atom stereocenters. The Kier molecular flexibility index (Phi) is 7.08. The number of fused-ring (bicyclic) bond motifs is 1. The molecule has 0 saturated carbocycles. The lowest BCUT2D eigenvalue weighted by atomic mass is 10.0. The smallest absolute Gasteiger partial charge is 0.219 e. The Hall–Kier alpha value is -3.19. The van der Waals surface area contributed by atoms with Crippen molar-refractivity contribution in [1.82, 2.24) is 15.0 Å². The summed E-state index contributed by atoms with van der Waals surface area (Å²) in [6.07, 6.45) is 3.09. The fourth-order valence-electron chi connectivity index (χ4n) is 4.19. The summed E-state index contributed by atoms with van der Waals surface area (Å²) in [6.45, 7) is 9.38. The second-order valence-corrected chi connectivity index (χ2v) is 8.04. The lowest BCUT2D eigenvalue weighted by Crippen LogP contribution is -2.30. The van der Waals surface area contributed by atoms with Crippen molar-refractivity contribution in [1.29, 1.82) is 0 Å². The lowest BCUT2D eigenvalue weighted by Gasteiger charge is -2.23. The van der Waals surface area contributed by atoms with Crippen LogP contribution in [0.2, 0.25) is 0 Å². The van der Waals surface area contributed by atoms with Crippen LogP contribution >= 0.6 is 0 Å². The number of rotatable bonds is 9. The number of nitrogens with zero attached hydrogens (tertiary/aromatic N) is 3. The van der Waals surface area contributed by atoms with E-state index in [9.17, 15) is 0 Å². The largest absolute Gasteiger partial charge is 0.497 e. The second kappa shape index (κ2) is 10.2. The van der Waals surface area contributed by atoms with Crippen LogP contribution < -0.4 is 14.8 Å². The summed E-state index contributed by atoms with van der Waals surface area (Å²) in [5.74, 6) is 2.27. The number of pyridine rings is 1. The van der Waals surface area contributed by atoms with Gasteiger partial charge in [-0.25, -0.2) is 15.0 Å². The number of anilines is 1. The van der Waals surface area contributed by atoms with Crippen molar-refractivity contribution in [3.05, 3.63) is 59.0 Å². The highest BCUT2D eigenvalue weighted by Gasteiger charge is 2.36. The molecule has 0 radical (unpaired) electrons. The summed E-state index contributed by atoms with van der Waals surface area (Å²) < 4.78 is 17.2. The van der Waals surface area contributed by atoms with E-state index in [1.54, 1.807) is 13.3 Å². The number of aromatic nitrogens is 3. The van der Waals surface area contributed by atoms with Gasteiger partial charge in [0, 0.05) is 23.9 Å². The Balaban J connectivity index is 1.72. The van der Waals surface area contributed by atoms with E-state index < -0.39 is 0 Å². The minimum Gasteiger partial charge on any atom is -0.497 e. The zero-order valence-corrected chi connectivity index (χ0v) is 20.0. The molecule has 0 saturated heterocycles. The van der Waals surface area contributed by atoms with E-state index in [-0.39, 0.29) is 12.1 Å². The third-order valence-corrected chi connectivity index (χ3v) is 5.95. The molecule has 0 bridgehead atoms. The number of ether oxygens (including phenoxy) is 3. The number of aryl methyl sites for hydroxylation is 3. The fourth-order valence-corrected chi connectivity index (χ4v) is 4.19. The van der Waals surface area contributed by atoms with E-state index >= 15 is 0 Å². The summed E-state index contributed by atoms with van der Waals surface area (Å²) in [7, 11) is 1.68. The third kappa shape index (κ3) is 4.64. The molecule has 7 nitrogen and oxygen atoms in total. The molecule has 3 heterocycles. The van der Waals surface area contributed by atoms with Gasteiger partial charge in [0.2, 0.25) is 5.88 Å². The van der Waals surface area contributed by atoms with E-state index in [1.165, 1.54) is 0 Å². The first kappa shape index (κ1) is 23.0. The van der Waals surface area contributed by atoms with Gasteiger partial charge in [-0.05, 0) is 62.6 Å². The van der Waals surface area contributed by atoms with E-state index in [0.29, 0.717) is 19.1 Å². The van der Waals surface area contributed by atoms with Crippen molar-refractivity contribution in [2.24, 2.45) is 0 Å². The van der Waals surface area contributed by atoms with Crippen molar-refractivity contribution < 1.29 is 14.2 Å². The summed E-state index contributed by atoms with van der Waals surface area (Å²) in [6, 6.07) is 9.93. The zero-order chi connectivity index (χ0) is 23.4. The molecule has 174 valence electrons. The van der Waals surface area contributed by atoms with Gasteiger partial charge in [-0.3, -0.25) is 0 Å². The van der Waals surface area contributed by atoms with E-state index in [2.05, 4.69) is 37.1 Å². The summed E-state index contributed by atoms with van der Waals surface area (Å²) in [5, 5.41) is 3.62. The van der Waals surface area contributed by atoms with Gasteiger partial charge in [-0.1, -0.05) is 13.8 Å². The maximum Gasteiger partial charge on any atom is 0.219 e. The minimum absolute atomic E-state index is 0.113. The molecule has 3 aromatic rings. The fraction of sp³-hybridized carbons (Fsp3) is 0.423. The molecule has 2 aromatic heterocycles. The Morgan fingerprint density at radius 3 is 2.58 bits per heavy atom. The van der Waals surface area contributed by atoms with E-state index in [0.717, 1.165) is 58.2 Å². The van der Waals surface area contributed by atoms with Crippen LogP contribution in [0, 0.1) is 6.92 Å². The quantitative estimate of drug-likeness (QED) is 0.497. The minimum atomic E-state index is -0.185. The Morgan fingerprint density at radius 2 is 1.88 bits per heavy atom. The highest BCUT2D eigenvalue weighted by Crippen LogP contribution is 2.38. The van der Waals surface area contributed by atoms with Crippen LogP contribution in [-0.2, 0) is 17.6 Å². The van der Waals surface area contributed by atoms with Crippen LogP contribution in [0.1, 0.15) is 49.3 Å². The van der Waals surface area contributed by atoms with Crippen LogP contribution in [0.25, 0.3) is 11.3 Å². The SMILES string of the molecule is CCOC[C@H]1Oc2ncccc2[C@H]1Nc1nc(CC)c(-c2ccc(OC)cc2C)nc1CC. The number of hydrogen-bond acceptors (Lipinski definition) is 7. The maximum atomic E-state index is 6.10. The molecular formula is C26H32N4O3. The van der Waals surface area contributed by atoms with Crippen molar-refractivity contribution in [2.45, 2.75) is 52.7 Å². The molecule has 33 heavy (non-hydrogen) atoms. The second-order valence-electron chi connectivity index (χ2n) is 8.04. The maximum absolute atomic E-state index is 6.10. The number of nitrogens with one attached hydrogen (secondary N) is 1. The number of methoxy groups -OCH3 is 1. The predicted octanol–water partition coefficient (Wildman–Crippen LogP) is 4.93. The molecule has 7 heteroatoms.